The lowest BCUT2D eigenvalue weighted by atomic mass is 10.1. The number of nitrogens with one attached hydrogen (secondary N) is 1. The van der Waals surface area contributed by atoms with Crippen molar-refractivity contribution in [3.63, 3.8) is 0 Å². The lowest BCUT2D eigenvalue weighted by Crippen LogP contribution is -2.25. The molecule has 0 bridgehead atoms. The van der Waals surface area contributed by atoms with Crippen molar-refractivity contribution < 1.29 is 9.72 Å². The summed E-state index contributed by atoms with van der Waals surface area (Å²) in [6.07, 6.45) is 1.93. The first-order valence-corrected chi connectivity index (χ1v) is 9.13. The number of carbonyl (C=O) groups is 1. The molecule has 1 atom stereocenters. The summed E-state index contributed by atoms with van der Waals surface area (Å²) in [4.78, 5) is 29.7. The summed E-state index contributed by atoms with van der Waals surface area (Å²) in [6, 6.07) is 7.76. The monoisotopic (exact) mass is 372 g/mol. The Hall–Kier alpha value is -2.78. The highest BCUT2D eigenvalue weighted by atomic mass is 32.1. The van der Waals surface area contributed by atoms with Gasteiger partial charge in [-0.15, -0.1) is 22.7 Å². The number of amides is 1. The van der Waals surface area contributed by atoms with E-state index in [4.69, 9.17) is 0 Å². The van der Waals surface area contributed by atoms with Gasteiger partial charge in [0, 0.05) is 23.7 Å². The third-order valence-corrected chi connectivity index (χ3v) is 5.67. The summed E-state index contributed by atoms with van der Waals surface area (Å²) in [7, 11) is 0. The van der Waals surface area contributed by atoms with E-state index in [9.17, 15) is 14.9 Å². The molecule has 0 radical (unpaired) electrons. The Bertz CT molecular complexity index is 1110. The number of aromatic nitrogens is 2. The van der Waals surface area contributed by atoms with Crippen molar-refractivity contribution in [2.75, 3.05) is 0 Å². The minimum atomic E-state index is -0.445. The van der Waals surface area contributed by atoms with E-state index >= 15 is 0 Å². The maximum Gasteiger partial charge on any atom is 0.269 e. The number of benzene rings is 1. The van der Waals surface area contributed by atoms with Gasteiger partial charge in [0.15, 0.2) is 4.96 Å². The van der Waals surface area contributed by atoms with Gasteiger partial charge in [0.2, 0.25) is 0 Å². The van der Waals surface area contributed by atoms with Gasteiger partial charge in [-0.1, -0.05) is 12.1 Å². The number of thiazole rings is 1. The van der Waals surface area contributed by atoms with Crippen LogP contribution in [0.4, 0.5) is 5.69 Å². The van der Waals surface area contributed by atoms with Crippen LogP contribution < -0.4 is 5.32 Å². The van der Waals surface area contributed by atoms with Crippen LogP contribution in [0.3, 0.4) is 0 Å². The Morgan fingerprint density at radius 1 is 1.40 bits per heavy atom. The fourth-order valence-electron chi connectivity index (χ4n) is 2.62. The third kappa shape index (κ3) is 2.77. The second-order valence-corrected chi connectivity index (χ2v) is 7.42. The first-order chi connectivity index (χ1) is 12.0. The van der Waals surface area contributed by atoms with E-state index in [1.54, 1.807) is 30.4 Å². The Morgan fingerprint density at radius 2 is 2.24 bits per heavy atom. The van der Waals surface area contributed by atoms with Crippen LogP contribution in [-0.4, -0.2) is 20.2 Å². The lowest BCUT2D eigenvalue weighted by molar-refractivity contribution is -0.384. The molecule has 0 saturated carbocycles. The van der Waals surface area contributed by atoms with Gasteiger partial charge in [0.25, 0.3) is 11.6 Å². The minimum absolute atomic E-state index is 0.00823. The first-order valence-electron chi connectivity index (χ1n) is 7.43. The van der Waals surface area contributed by atoms with E-state index in [-0.39, 0.29) is 17.6 Å². The summed E-state index contributed by atoms with van der Waals surface area (Å²) in [5.41, 5.74) is 1.61. The fraction of sp³-hybridized carbons (Fsp3) is 0.125. The average molecular weight is 372 g/mol. The highest BCUT2D eigenvalue weighted by molar-refractivity contribution is 7.21. The quantitative estimate of drug-likeness (QED) is 0.433. The van der Waals surface area contributed by atoms with Crippen molar-refractivity contribution >= 4 is 49.6 Å². The molecule has 0 saturated heterocycles. The zero-order valence-corrected chi connectivity index (χ0v) is 14.6. The van der Waals surface area contributed by atoms with Gasteiger partial charge in [0.1, 0.15) is 4.83 Å². The van der Waals surface area contributed by atoms with Crippen LogP contribution in [0, 0.1) is 10.1 Å². The van der Waals surface area contributed by atoms with E-state index in [0.29, 0.717) is 10.4 Å². The number of nitro groups is 1. The van der Waals surface area contributed by atoms with Crippen molar-refractivity contribution in [2.45, 2.75) is 13.0 Å². The molecule has 1 aromatic carbocycles. The SMILES string of the molecule is C[C@H](NC(=O)c1cc2c(nc3sccn32)s1)c1cccc([N+](=O)[O-])c1. The molecule has 0 aliphatic rings. The van der Waals surface area contributed by atoms with E-state index < -0.39 is 4.92 Å². The van der Waals surface area contributed by atoms with Gasteiger partial charge in [-0.05, 0) is 18.6 Å². The smallest absolute Gasteiger partial charge is 0.269 e. The maximum atomic E-state index is 12.5. The number of imidazole rings is 1. The second-order valence-electron chi connectivity index (χ2n) is 5.52. The molecule has 1 N–H and O–H groups in total. The first kappa shape index (κ1) is 15.7. The second kappa shape index (κ2) is 5.94. The molecule has 0 aliphatic heterocycles. The Kier molecular flexibility index (Phi) is 3.74. The number of nitro benzene ring substituents is 1. The third-order valence-electron chi connectivity index (χ3n) is 3.89. The van der Waals surface area contributed by atoms with E-state index in [1.807, 2.05) is 22.0 Å². The van der Waals surface area contributed by atoms with Crippen LogP contribution >= 0.6 is 22.7 Å². The molecule has 25 heavy (non-hydrogen) atoms. The van der Waals surface area contributed by atoms with Crippen LogP contribution in [0.15, 0.2) is 41.9 Å². The van der Waals surface area contributed by atoms with Gasteiger partial charge in [-0.2, -0.15) is 0 Å². The van der Waals surface area contributed by atoms with Crippen LogP contribution in [0.2, 0.25) is 0 Å². The van der Waals surface area contributed by atoms with Crippen LogP contribution in [0.25, 0.3) is 15.3 Å². The largest absolute Gasteiger partial charge is 0.345 e. The Balaban J connectivity index is 1.57. The normalized spacial score (nSPS) is 12.5. The molecule has 4 aromatic rings. The van der Waals surface area contributed by atoms with E-state index in [0.717, 1.165) is 15.3 Å². The highest BCUT2D eigenvalue weighted by Crippen LogP contribution is 2.28. The molecular weight excluding hydrogens is 360 g/mol. The summed E-state index contributed by atoms with van der Waals surface area (Å²) in [6.45, 7) is 1.80. The van der Waals surface area contributed by atoms with Gasteiger partial charge in [-0.3, -0.25) is 19.3 Å². The number of carbonyl (C=O) groups excluding carboxylic acids is 1. The summed E-state index contributed by atoms with van der Waals surface area (Å²) < 4.78 is 1.96. The highest BCUT2D eigenvalue weighted by Gasteiger charge is 2.18. The number of rotatable bonds is 4. The van der Waals surface area contributed by atoms with Gasteiger partial charge in [-0.25, -0.2) is 4.98 Å². The standard InChI is InChI=1S/C16H12N4O3S2/c1-9(10-3-2-4-11(7-10)20(22)23)17-14(21)13-8-12-15(25-13)18-16-19(12)5-6-24-16/h2-9H,1H3,(H,17,21)/t9-/m0/s1. The van der Waals surface area contributed by atoms with E-state index in [1.165, 1.54) is 23.5 Å². The predicted octanol–water partition coefficient (Wildman–Crippen LogP) is 4.01. The van der Waals surface area contributed by atoms with Gasteiger partial charge < -0.3 is 5.32 Å². The molecule has 0 spiro atoms. The van der Waals surface area contributed by atoms with Crippen molar-refractivity contribution in [3.05, 3.63) is 62.5 Å². The van der Waals surface area contributed by atoms with E-state index in [2.05, 4.69) is 10.3 Å². The maximum absolute atomic E-state index is 12.5. The molecule has 3 heterocycles. The van der Waals surface area contributed by atoms with Crippen molar-refractivity contribution in [1.29, 1.82) is 0 Å². The zero-order valence-electron chi connectivity index (χ0n) is 13.0. The molecule has 4 rings (SSSR count). The average Bonchev–Trinajstić information content (AvgIpc) is 3.26. The Morgan fingerprint density at radius 3 is 3.04 bits per heavy atom. The lowest BCUT2D eigenvalue weighted by Gasteiger charge is -2.13. The molecule has 0 aliphatic carbocycles. The molecule has 0 unspecified atom stereocenters. The number of thiophene rings is 1. The fourth-order valence-corrected chi connectivity index (χ4v) is 4.32. The predicted molar refractivity (Wildman–Crippen MR) is 97.4 cm³/mol. The van der Waals surface area contributed by atoms with Crippen LogP contribution in [0.5, 0.6) is 0 Å². The van der Waals surface area contributed by atoms with Crippen molar-refractivity contribution in [3.8, 4) is 0 Å². The molecule has 0 fully saturated rings. The topological polar surface area (TPSA) is 89.5 Å². The number of non-ortho nitro benzene ring substituents is 1. The van der Waals surface area contributed by atoms with Gasteiger partial charge in [0.05, 0.1) is 21.4 Å². The molecule has 1 amide bonds. The molecule has 9 heteroatoms. The number of hydrogen-bond acceptors (Lipinski definition) is 6. The summed E-state index contributed by atoms with van der Waals surface area (Å²) in [5.74, 6) is -0.217. The zero-order chi connectivity index (χ0) is 17.6. The van der Waals surface area contributed by atoms with Crippen LogP contribution in [0.1, 0.15) is 28.2 Å². The van der Waals surface area contributed by atoms with Crippen LogP contribution in [-0.2, 0) is 0 Å². The minimum Gasteiger partial charge on any atom is -0.345 e. The molecule has 7 nitrogen and oxygen atoms in total. The van der Waals surface area contributed by atoms with Gasteiger partial charge >= 0.3 is 0 Å². The number of nitrogens with zero attached hydrogens (tertiary/aromatic N) is 3. The number of fused-ring (bicyclic) bond motifs is 3. The summed E-state index contributed by atoms with van der Waals surface area (Å²) >= 11 is 2.88. The summed E-state index contributed by atoms with van der Waals surface area (Å²) in [5, 5.41) is 15.7. The van der Waals surface area contributed by atoms with Crippen molar-refractivity contribution in [1.82, 2.24) is 14.7 Å². The molecule has 126 valence electrons. The molecule has 3 aromatic heterocycles. The molecular formula is C16H12N4O3S2. The van der Waals surface area contributed by atoms with Crippen molar-refractivity contribution in [2.24, 2.45) is 0 Å². The Labute approximate surface area is 149 Å². The number of hydrogen-bond donors (Lipinski definition) is 1.